The summed E-state index contributed by atoms with van der Waals surface area (Å²) in [6.45, 7) is 7.13. The Morgan fingerprint density at radius 1 is 1.33 bits per heavy atom. The van der Waals surface area contributed by atoms with Crippen LogP contribution in [-0.4, -0.2) is 68.3 Å². The largest absolute Gasteiger partial charge is 0.497 e. The number of ether oxygens (including phenoxy) is 3. The molecule has 0 spiro atoms. The number of methoxy groups -OCH3 is 1. The lowest BCUT2D eigenvalue weighted by Gasteiger charge is -2.28. The number of amides is 1. The molecule has 6 nitrogen and oxygen atoms in total. The first kappa shape index (κ1) is 17.0. The molecule has 0 unspecified atom stereocenters. The molecule has 1 fully saturated rings. The SMILES string of the molecule is COc1ccc2c(c1)O[C@@H](C)CN(CCC(=O)N1CCOCC1)C2. The van der Waals surface area contributed by atoms with E-state index < -0.39 is 0 Å². The third-order valence-electron chi connectivity index (χ3n) is 4.52. The highest BCUT2D eigenvalue weighted by Crippen LogP contribution is 2.29. The van der Waals surface area contributed by atoms with Gasteiger partial charge in [0, 0.05) is 50.8 Å². The quantitative estimate of drug-likeness (QED) is 0.836. The second-order valence-corrected chi connectivity index (χ2v) is 6.38. The summed E-state index contributed by atoms with van der Waals surface area (Å²) >= 11 is 0. The minimum absolute atomic E-state index is 0.0804. The van der Waals surface area contributed by atoms with Crippen molar-refractivity contribution in [1.29, 1.82) is 0 Å². The molecule has 1 amide bonds. The first-order valence-electron chi connectivity index (χ1n) is 8.57. The summed E-state index contributed by atoms with van der Waals surface area (Å²) in [4.78, 5) is 16.5. The molecule has 0 aliphatic carbocycles. The standard InChI is InChI=1S/C18H26N2O4/c1-14-12-19(6-5-18(21)20-7-9-23-10-8-20)13-15-3-4-16(22-2)11-17(15)24-14/h3-4,11,14H,5-10,12-13H2,1-2H3/t14-/m0/s1. The third kappa shape index (κ3) is 4.19. The lowest BCUT2D eigenvalue weighted by atomic mass is 10.1. The highest BCUT2D eigenvalue weighted by atomic mass is 16.5. The number of rotatable bonds is 4. The van der Waals surface area contributed by atoms with Gasteiger partial charge in [0.2, 0.25) is 5.91 Å². The maximum atomic E-state index is 12.3. The molecule has 0 aromatic heterocycles. The molecular weight excluding hydrogens is 308 g/mol. The van der Waals surface area contributed by atoms with Crippen molar-refractivity contribution in [3.63, 3.8) is 0 Å². The van der Waals surface area contributed by atoms with Gasteiger partial charge in [0.25, 0.3) is 0 Å². The monoisotopic (exact) mass is 334 g/mol. The number of hydrogen-bond acceptors (Lipinski definition) is 5. The van der Waals surface area contributed by atoms with E-state index in [0.717, 1.165) is 36.7 Å². The summed E-state index contributed by atoms with van der Waals surface area (Å²) in [5.41, 5.74) is 1.14. The van der Waals surface area contributed by atoms with Gasteiger partial charge in [0.15, 0.2) is 0 Å². The zero-order chi connectivity index (χ0) is 16.9. The average molecular weight is 334 g/mol. The van der Waals surface area contributed by atoms with E-state index in [4.69, 9.17) is 14.2 Å². The van der Waals surface area contributed by atoms with Crippen LogP contribution in [0.3, 0.4) is 0 Å². The fraction of sp³-hybridized carbons (Fsp3) is 0.611. The van der Waals surface area contributed by atoms with Crippen LogP contribution in [-0.2, 0) is 16.1 Å². The van der Waals surface area contributed by atoms with Crippen molar-refractivity contribution < 1.29 is 19.0 Å². The van der Waals surface area contributed by atoms with E-state index in [-0.39, 0.29) is 12.0 Å². The molecule has 0 N–H and O–H groups in total. The number of hydrogen-bond donors (Lipinski definition) is 0. The summed E-state index contributed by atoms with van der Waals surface area (Å²) in [5.74, 6) is 1.90. The van der Waals surface area contributed by atoms with E-state index in [9.17, 15) is 4.79 Å². The van der Waals surface area contributed by atoms with E-state index in [0.29, 0.717) is 32.7 Å². The molecule has 0 radical (unpaired) electrons. The van der Waals surface area contributed by atoms with Gasteiger partial charge >= 0.3 is 0 Å². The number of nitrogens with zero attached hydrogens (tertiary/aromatic N) is 2. The van der Waals surface area contributed by atoms with Crippen LogP contribution in [0.15, 0.2) is 18.2 Å². The predicted molar refractivity (Wildman–Crippen MR) is 90.4 cm³/mol. The Bertz CT molecular complexity index is 572. The van der Waals surface area contributed by atoms with Crippen LogP contribution >= 0.6 is 0 Å². The molecule has 1 aromatic rings. The molecule has 1 atom stereocenters. The zero-order valence-corrected chi connectivity index (χ0v) is 14.5. The predicted octanol–water partition coefficient (Wildman–Crippen LogP) is 1.53. The maximum Gasteiger partial charge on any atom is 0.224 e. The van der Waals surface area contributed by atoms with Gasteiger partial charge in [-0.15, -0.1) is 0 Å². The normalized spacial score (nSPS) is 21.6. The zero-order valence-electron chi connectivity index (χ0n) is 14.5. The van der Waals surface area contributed by atoms with E-state index in [1.54, 1.807) is 7.11 Å². The molecule has 0 bridgehead atoms. The number of carbonyl (C=O) groups is 1. The second-order valence-electron chi connectivity index (χ2n) is 6.38. The molecule has 2 aliphatic heterocycles. The van der Waals surface area contributed by atoms with Crippen molar-refractivity contribution >= 4 is 5.91 Å². The van der Waals surface area contributed by atoms with Gasteiger partial charge < -0.3 is 19.1 Å². The van der Waals surface area contributed by atoms with Gasteiger partial charge in [-0.05, 0) is 13.0 Å². The van der Waals surface area contributed by atoms with Gasteiger partial charge in [0.05, 0.1) is 20.3 Å². The Balaban J connectivity index is 1.60. The highest BCUT2D eigenvalue weighted by molar-refractivity contribution is 5.76. The van der Waals surface area contributed by atoms with Gasteiger partial charge in [-0.25, -0.2) is 0 Å². The van der Waals surface area contributed by atoms with Crippen LogP contribution < -0.4 is 9.47 Å². The minimum atomic E-state index is 0.0804. The third-order valence-corrected chi connectivity index (χ3v) is 4.52. The van der Waals surface area contributed by atoms with Crippen LogP contribution in [0.4, 0.5) is 0 Å². The Labute approximate surface area is 143 Å². The van der Waals surface area contributed by atoms with Crippen molar-refractivity contribution in [1.82, 2.24) is 9.80 Å². The van der Waals surface area contributed by atoms with Crippen molar-refractivity contribution in [2.75, 3.05) is 46.5 Å². The van der Waals surface area contributed by atoms with Gasteiger partial charge in [0.1, 0.15) is 17.6 Å². The van der Waals surface area contributed by atoms with E-state index >= 15 is 0 Å². The lowest BCUT2D eigenvalue weighted by molar-refractivity contribution is -0.135. The van der Waals surface area contributed by atoms with Gasteiger partial charge in [-0.2, -0.15) is 0 Å². The Hall–Kier alpha value is -1.79. The van der Waals surface area contributed by atoms with Crippen LogP contribution in [0.2, 0.25) is 0 Å². The van der Waals surface area contributed by atoms with Crippen LogP contribution in [0.1, 0.15) is 18.9 Å². The minimum Gasteiger partial charge on any atom is -0.497 e. The molecule has 6 heteroatoms. The van der Waals surface area contributed by atoms with Crippen LogP contribution in [0.5, 0.6) is 11.5 Å². The van der Waals surface area contributed by atoms with E-state index in [2.05, 4.69) is 11.8 Å². The first-order chi connectivity index (χ1) is 11.7. The maximum absolute atomic E-state index is 12.3. The molecule has 0 saturated carbocycles. The molecule has 24 heavy (non-hydrogen) atoms. The number of benzene rings is 1. The molecular formula is C18H26N2O4. The number of carbonyl (C=O) groups excluding carboxylic acids is 1. The van der Waals surface area contributed by atoms with E-state index in [1.165, 1.54) is 0 Å². The fourth-order valence-electron chi connectivity index (χ4n) is 3.22. The molecule has 1 aromatic carbocycles. The summed E-state index contributed by atoms with van der Waals surface area (Å²) in [7, 11) is 1.66. The van der Waals surface area contributed by atoms with Crippen molar-refractivity contribution in [3.8, 4) is 11.5 Å². The lowest BCUT2D eigenvalue weighted by Crippen LogP contribution is -2.42. The summed E-state index contributed by atoms with van der Waals surface area (Å²) in [6, 6.07) is 5.94. The molecule has 2 heterocycles. The average Bonchev–Trinajstić information content (AvgIpc) is 2.77. The Morgan fingerprint density at radius 2 is 2.12 bits per heavy atom. The second kappa shape index (κ2) is 7.85. The van der Waals surface area contributed by atoms with Crippen molar-refractivity contribution in [2.24, 2.45) is 0 Å². The van der Waals surface area contributed by atoms with Gasteiger partial charge in [-0.1, -0.05) is 6.07 Å². The highest BCUT2D eigenvalue weighted by Gasteiger charge is 2.22. The van der Waals surface area contributed by atoms with E-state index in [1.807, 2.05) is 23.1 Å². The first-order valence-corrected chi connectivity index (χ1v) is 8.57. The number of fused-ring (bicyclic) bond motifs is 1. The fourth-order valence-corrected chi connectivity index (χ4v) is 3.22. The van der Waals surface area contributed by atoms with Crippen molar-refractivity contribution in [3.05, 3.63) is 23.8 Å². The molecule has 2 aliphatic rings. The molecule has 3 rings (SSSR count). The molecule has 1 saturated heterocycles. The number of morpholine rings is 1. The Kier molecular flexibility index (Phi) is 5.58. The van der Waals surface area contributed by atoms with Crippen LogP contribution in [0, 0.1) is 0 Å². The smallest absolute Gasteiger partial charge is 0.224 e. The van der Waals surface area contributed by atoms with Crippen molar-refractivity contribution in [2.45, 2.75) is 26.0 Å². The Morgan fingerprint density at radius 3 is 2.88 bits per heavy atom. The summed E-state index contributed by atoms with van der Waals surface area (Å²) in [5, 5.41) is 0. The van der Waals surface area contributed by atoms with Crippen LogP contribution in [0.25, 0.3) is 0 Å². The molecule has 132 valence electrons. The topological polar surface area (TPSA) is 51.2 Å². The van der Waals surface area contributed by atoms with Gasteiger partial charge in [-0.3, -0.25) is 9.69 Å². The summed E-state index contributed by atoms with van der Waals surface area (Å²) in [6.07, 6.45) is 0.620. The summed E-state index contributed by atoms with van der Waals surface area (Å²) < 4.78 is 16.6.